The van der Waals surface area contributed by atoms with Crippen LogP contribution >= 0.6 is 0 Å². The van der Waals surface area contributed by atoms with E-state index >= 15 is 0 Å². The number of hydrogen-bond donors (Lipinski definition) is 1. The normalized spacial score (nSPS) is 12.8. The van der Waals surface area contributed by atoms with E-state index in [1.54, 1.807) is 18.1 Å². The number of aromatic nitrogens is 3. The molecule has 17 heavy (non-hydrogen) atoms. The van der Waals surface area contributed by atoms with Crippen molar-refractivity contribution in [2.75, 3.05) is 7.05 Å². The van der Waals surface area contributed by atoms with Gasteiger partial charge in [-0.1, -0.05) is 12.1 Å². The average molecular weight is 240 g/mol. The van der Waals surface area contributed by atoms with E-state index in [0.717, 1.165) is 0 Å². The van der Waals surface area contributed by atoms with Crippen molar-refractivity contribution in [2.24, 2.45) is 0 Å². The molecule has 6 nitrogen and oxygen atoms in total. The Balaban J connectivity index is 2.63. The molecule has 0 saturated heterocycles. The number of nitrogens with zero attached hydrogens (tertiary/aromatic N) is 4. The SMILES string of the molecule is CCC(O)c1cn(CC(=O)N(C)C(C)C)nn1. The highest BCUT2D eigenvalue weighted by atomic mass is 16.3. The Morgan fingerprint density at radius 3 is 2.76 bits per heavy atom. The quantitative estimate of drug-likeness (QED) is 0.817. The number of aliphatic hydroxyl groups is 1. The molecule has 1 heterocycles. The van der Waals surface area contributed by atoms with Crippen LogP contribution in [0.5, 0.6) is 0 Å². The van der Waals surface area contributed by atoms with E-state index in [0.29, 0.717) is 12.1 Å². The molecule has 1 aromatic rings. The average Bonchev–Trinajstić information content (AvgIpc) is 2.75. The van der Waals surface area contributed by atoms with E-state index in [-0.39, 0.29) is 18.5 Å². The summed E-state index contributed by atoms with van der Waals surface area (Å²) in [6.07, 6.45) is 1.58. The number of amides is 1. The van der Waals surface area contributed by atoms with Gasteiger partial charge in [-0.3, -0.25) is 4.79 Å². The van der Waals surface area contributed by atoms with Gasteiger partial charge in [-0.2, -0.15) is 0 Å². The van der Waals surface area contributed by atoms with E-state index in [2.05, 4.69) is 10.3 Å². The van der Waals surface area contributed by atoms with Gasteiger partial charge in [-0.15, -0.1) is 5.10 Å². The molecule has 0 aromatic carbocycles. The molecule has 0 aliphatic rings. The van der Waals surface area contributed by atoms with Crippen molar-refractivity contribution in [3.8, 4) is 0 Å². The number of aliphatic hydroxyl groups excluding tert-OH is 1. The number of likely N-dealkylation sites (N-methyl/N-ethyl adjacent to an activating group) is 1. The largest absolute Gasteiger partial charge is 0.387 e. The number of rotatable bonds is 5. The lowest BCUT2D eigenvalue weighted by Crippen LogP contribution is -2.35. The summed E-state index contributed by atoms with van der Waals surface area (Å²) >= 11 is 0. The van der Waals surface area contributed by atoms with E-state index < -0.39 is 6.10 Å². The van der Waals surface area contributed by atoms with Crippen molar-refractivity contribution >= 4 is 5.91 Å². The maximum Gasteiger partial charge on any atom is 0.244 e. The highest BCUT2D eigenvalue weighted by Gasteiger charge is 2.15. The molecule has 6 heteroatoms. The highest BCUT2D eigenvalue weighted by Crippen LogP contribution is 2.11. The van der Waals surface area contributed by atoms with Gasteiger partial charge in [0.2, 0.25) is 5.91 Å². The third-order valence-electron chi connectivity index (χ3n) is 2.75. The first-order valence-corrected chi connectivity index (χ1v) is 5.79. The zero-order valence-electron chi connectivity index (χ0n) is 10.8. The molecule has 0 spiro atoms. The van der Waals surface area contributed by atoms with Gasteiger partial charge in [-0.25, -0.2) is 4.68 Å². The topological polar surface area (TPSA) is 71.2 Å². The summed E-state index contributed by atoms with van der Waals surface area (Å²) in [5, 5.41) is 17.2. The third-order valence-corrected chi connectivity index (χ3v) is 2.75. The molecule has 96 valence electrons. The second-order valence-electron chi connectivity index (χ2n) is 4.36. The molecule has 1 rings (SSSR count). The lowest BCUT2D eigenvalue weighted by atomic mass is 10.2. The van der Waals surface area contributed by atoms with Gasteiger partial charge in [0.1, 0.15) is 12.2 Å². The second-order valence-corrected chi connectivity index (χ2v) is 4.36. The Labute approximate surface area is 101 Å². The zero-order chi connectivity index (χ0) is 13.0. The van der Waals surface area contributed by atoms with Gasteiger partial charge in [0.15, 0.2) is 0 Å². The van der Waals surface area contributed by atoms with Gasteiger partial charge in [-0.05, 0) is 20.3 Å². The molecule has 0 aliphatic carbocycles. The minimum absolute atomic E-state index is 0.0255. The Morgan fingerprint density at radius 2 is 2.24 bits per heavy atom. The minimum Gasteiger partial charge on any atom is -0.387 e. The molecule has 0 fully saturated rings. The molecular weight excluding hydrogens is 220 g/mol. The summed E-state index contributed by atoms with van der Waals surface area (Å²) in [6, 6.07) is 0.159. The van der Waals surface area contributed by atoms with Crippen molar-refractivity contribution < 1.29 is 9.90 Å². The fourth-order valence-electron chi connectivity index (χ4n) is 1.29. The predicted octanol–water partition coefficient (Wildman–Crippen LogP) is 0.588. The summed E-state index contributed by atoms with van der Waals surface area (Å²) in [6.45, 7) is 5.91. The van der Waals surface area contributed by atoms with Crippen LogP contribution in [0.15, 0.2) is 6.20 Å². The van der Waals surface area contributed by atoms with Crippen LogP contribution in [-0.2, 0) is 11.3 Å². The van der Waals surface area contributed by atoms with Crippen LogP contribution in [0.1, 0.15) is 39.0 Å². The minimum atomic E-state index is -0.610. The van der Waals surface area contributed by atoms with E-state index in [4.69, 9.17) is 0 Å². The first kappa shape index (κ1) is 13.6. The fraction of sp³-hybridized carbons (Fsp3) is 0.727. The molecule has 0 aliphatic heterocycles. The Hall–Kier alpha value is -1.43. The maximum atomic E-state index is 11.8. The Morgan fingerprint density at radius 1 is 1.59 bits per heavy atom. The molecule has 1 atom stereocenters. The van der Waals surface area contributed by atoms with Crippen LogP contribution in [0.3, 0.4) is 0 Å². The first-order chi connectivity index (χ1) is 7.95. The van der Waals surface area contributed by atoms with Gasteiger partial charge in [0.25, 0.3) is 0 Å². The molecular formula is C11H20N4O2. The fourth-order valence-corrected chi connectivity index (χ4v) is 1.29. The predicted molar refractivity (Wildman–Crippen MR) is 63.2 cm³/mol. The van der Waals surface area contributed by atoms with E-state index in [1.165, 1.54) is 4.68 Å². The smallest absolute Gasteiger partial charge is 0.244 e. The molecule has 1 unspecified atom stereocenters. The van der Waals surface area contributed by atoms with Crippen molar-refractivity contribution in [1.29, 1.82) is 0 Å². The second kappa shape index (κ2) is 5.77. The highest BCUT2D eigenvalue weighted by molar-refractivity contribution is 5.75. The summed E-state index contributed by atoms with van der Waals surface area (Å²) < 4.78 is 1.45. The third kappa shape index (κ3) is 3.52. The van der Waals surface area contributed by atoms with Gasteiger partial charge >= 0.3 is 0 Å². The first-order valence-electron chi connectivity index (χ1n) is 5.79. The molecule has 0 bridgehead atoms. The molecule has 0 saturated carbocycles. The van der Waals surface area contributed by atoms with Gasteiger partial charge < -0.3 is 10.0 Å². The lowest BCUT2D eigenvalue weighted by molar-refractivity contribution is -0.132. The lowest BCUT2D eigenvalue weighted by Gasteiger charge is -2.21. The monoisotopic (exact) mass is 240 g/mol. The van der Waals surface area contributed by atoms with Crippen molar-refractivity contribution in [3.63, 3.8) is 0 Å². The summed E-state index contributed by atoms with van der Waals surface area (Å²) in [4.78, 5) is 13.4. The van der Waals surface area contributed by atoms with Crippen LogP contribution in [0.4, 0.5) is 0 Å². The van der Waals surface area contributed by atoms with E-state index in [9.17, 15) is 9.90 Å². The Bertz CT molecular complexity index is 375. The summed E-state index contributed by atoms with van der Waals surface area (Å²) in [7, 11) is 1.76. The maximum absolute atomic E-state index is 11.8. The molecule has 1 N–H and O–H groups in total. The van der Waals surface area contributed by atoms with Crippen LogP contribution in [0, 0.1) is 0 Å². The van der Waals surface area contributed by atoms with Gasteiger partial charge in [0, 0.05) is 13.1 Å². The van der Waals surface area contributed by atoms with Gasteiger partial charge in [0.05, 0.1) is 12.3 Å². The molecule has 1 aromatic heterocycles. The zero-order valence-corrected chi connectivity index (χ0v) is 10.8. The van der Waals surface area contributed by atoms with E-state index in [1.807, 2.05) is 20.8 Å². The van der Waals surface area contributed by atoms with Crippen molar-refractivity contribution in [1.82, 2.24) is 19.9 Å². The number of carbonyl (C=O) groups excluding carboxylic acids is 1. The Kier molecular flexibility index (Phi) is 4.62. The van der Waals surface area contributed by atoms with Crippen LogP contribution in [0.25, 0.3) is 0 Å². The van der Waals surface area contributed by atoms with Crippen LogP contribution < -0.4 is 0 Å². The molecule has 0 radical (unpaired) electrons. The summed E-state index contributed by atoms with van der Waals surface area (Å²) in [5.74, 6) is -0.0255. The summed E-state index contributed by atoms with van der Waals surface area (Å²) in [5.41, 5.74) is 0.507. The standard InChI is InChI=1S/C11H20N4O2/c1-5-10(16)9-6-15(13-12-9)7-11(17)14(4)8(2)3/h6,8,10,16H,5,7H2,1-4H3. The van der Waals surface area contributed by atoms with Crippen molar-refractivity contribution in [2.45, 2.75) is 45.9 Å². The van der Waals surface area contributed by atoms with Crippen LogP contribution in [-0.4, -0.2) is 44.0 Å². The van der Waals surface area contributed by atoms with Crippen molar-refractivity contribution in [3.05, 3.63) is 11.9 Å². The number of carbonyl (C=O) groups is 1. The van der Waals surface area contributed by atoms with Crippen LogP contribution in [0.2, 0.25) is 0 Å². The number of hydrogen-bond acceptors (Lipinski definition) is 4. The molecule has 1 amide bonds.